The quantitative estimate of drug-likeness (QED) is 0.0126. The monoisotopic (exact) mass is 1220 g/mol. The maximum Gasteiger partial charge on any atom is 0.469 e. The van der Waals surface area contributed by atoms with Crippen molar-refractivity contribution in [2.24, 2.45) is 17.4 Å². The first-order valence-electron chi connectivity index (χ1n) is 27.2. The van der Waals surface area contributed by atoms with Crippen LogP contribution in [0.5, 0.6) is 0 Å². The van der Waals surface area contributed by atoms with E-state index in [1.807, 2.05) is 0 Å². The van der Waals surface area contributed by atoms with Gasteiger partial charge in [0.1, 0.15) is 48.3 Å². The van der Waals surface area contributed by atoms with Crippen molar-refractivity contribution in [3.05, 3.63) is 35.9 Å². The number of hydrogen-bond donors (Lipinski definition) is 18. The van der Waals surface area contributed by atoms with E-state index in [0.717, 1.165) is 4.90 Å². The largest absolute Gasteiger partial charge is 0.481 e. The Labute approximate surface area is 483 Å². The third-order valence-electron chi connectivity index (χ3n) is 13.0. The summed E-state index contributed by atoms with van der Waals surface area (Å²) in [5, 5.41) is 55.0. The van der Waals surface area contributed by atoms with Gasteiger partial charge in [-0.25, -0.2) is 9.36 Å². The van der Waals surface area contributed by atoms with Gasteiger partial charge < -0.3 is 83.8 Å². The molecule has 1 saturated heterocycles. The highest BCUT2D eigenvalue weighted by Gasteiger charge is 2.41. The van der Waals surface area contributed by atoms with Crippen molar-refractivity contribution in [1.29, 1.82) is 0 Å². The average Bonchev–Trinajstić information content (AvgIpc) is 3.96. The van der Waals surface area contributed by atoms with Gasteiger partial charge in [-0.05, 0) is 75.7 Å². The number of hydrogen-bond acceptors (Lipinski definition) is 14. The zero-order valence-electron chi connectivity index (χ0n) is 47.0. The van der Waals surface area contributed by atoms with Crippen LogP contribution in [0.4, 0.5) is 0 Å². The summed E-state index contributed by atoms with van der Waals surface area (Å²) in [4.78, 5) is 182. The molecule has 33 nitrogen and oxygen atoms in total. The van der Waals surface area contributed by atoms with Gasteiger partial charge in [-0.15, -0.1) is 0 Å². The number of quaternary nitrogens is 2. The number of carboxylic acid groups (broad SMARTS) is 4. The molecule has 9 atom stereocenters. The van der Waals surface area contributed by atoms with E-state index in [-0.39, 0.29) is 69.9 Å². The number of carbonyl (C=O) groups is 12. The highest BCUT2D eigenvalue weighted by Crippen LogP contribution is 2.35. The number of nitrogens with one attached hydrogen (secondary N) is 8. The van der Waals surface area contributed by atoms with Crippen LogP contribution in [0.25, 0.3) is 0 Å². The Bertz CT molecular complexity index is 2520. The molecule has 1 aromatic rings. The fourth-order valence-electron chi connectivity index (χ4n) is 8.63. The normalized spacial score (nSPS) is 15.9. The summed E-state index contributed by atoms with van der Waals surface area (Å²) in [5.74, 6) is -14.1. The van der Waals surface area contributed by atoms with Crippen LogP contribution in [0.3, 0.4) is 0 Å². The van der Waals surface area contributed by atoms with E-state index in [0.29, 0.717) is 24.9 Å². The lowest BCUT2D eigenvalue weighted by Gasteiger charge is -2.31. The SMILES string of the molecule is CC(C)C[C@H](NC(=O)[C@H](CCC(=O)O)NC(=O)[C@@H]1CCCN1C(=O)[C@H](CCC(=O)O)NC(=O)[C@H](CCCC[NH3+])NC(=O)[C@H](COP(=O)(O)O)NC(=O)[C@H](Cc1ccccc1)NC(=O)[C@H](CCC(=O)O)NC(=O)[C@@H]([NH3+])CCC[NH+]=C(N)N)C(=O)O. The topological polar surface area (TPSA) is 561 Å². The second-order valence-electron chi connectivity index (χ2n) is 20.4. The zero-order valence-corrected chi connectivity index (χ0v) is 47.9. The number of unbranched alkanes of at least 4 members (excludes halogenated alkanes) is 1. The van der Waals surface area contributed by atoms with Crippen LogP contribution < -0.4 is 65.1 Å². The van der Waals surface area contributed by atoms with Crippen LogP contribution in [0.2, 0.25) is 0 Å². The zero-order chi connectivity index (χ0) is 63.3. The first-order chi connectivity index (χ1) is 39.4. The molecule has 0 aromatic heterocycles. The summed E-state index contributed by atoms with van der Waals surface area (Å²) in [6, 6.07) is -6.06. The number of aliphatic carboxylic acids is 4. The number of guanidine groups is 1. The van der Waals surface area contributed by atoms with Gasteiger partial charge in [0, 0.05) is 38.6 Å². The molecular weight excluding hydrogens is 1130 g/mol. The van der Waals surface area contributed by atoms with Gasteiger partial charge in [0.15, 0.2) is 6.04 Å². The standard InChI is InChI=1S/C50H80N13O20P/c1-27(2)24-35(49(78)79)61-44(73)32(16-19-39(66)67)58-47(76)37-14-9-23-63(37)48(77)33(17-20-40(68)69)59-42(71)30(13-6-7-21-51)57-46(75)36(26-83-84(80,81)82)62-45(74)34(25-28-10-4-3-5-11-28)60-43(72)31(15-18-38(64)65)56-41(70)29(52)12-8-22-55-50(53)54/h3-5,10-11,27,29-37H,6-9,12-26,51-52H2,1-2H3,(H,56,70)(H,57,75)(H,58,76)(H,59,71)(H,60,72)(H,61,73)(H,62,74)(H,64,65)(H,66,67)(H,68,69)(H,78,79)(H4,53,54,55)(H2,80,81,82)/p+3/t29-,30-,31-,32-,33-,34-,35-,36-,37-/m0/s1. The molecule has 0 radical (unpaired) electrons. The van der Waals surface area contributed by atoms with Crippen molar-refractivity contribution >= 4 is 84.9 Å². The lowest BCUT2D eigenvalue weighted by atomic mass is 10.0. The summed E-state index contributed by atoms with van der Waals surface area (Å²) in [6.45, 7) is 2.62. The van der Waals surface area contributed by atoms with Crippen molar-refractivity contribution in [3.8, 4) is 0 Å². The Morgan fingerprint density at radius 1 is 0.643 bits per heavy atom. The molecule has 24 N–H and O–H groups in total. The number of phosphoric ester groups is 1. The van der Waals surface area contributed by atoms with E-state index in [2.05, 4.69) is 58.2 Å². The van der Waals surface area contributed by atoms with Gasteiger partial charge in [0.2, 0.25) is 41.4 Å². The summed E-state index contributed by atoms with van der Waals surface area (Å²) < 4.78 is 16.7. The number of carboxylic acids is 4. The minimum absolute atomic E-state index is 0.00990. The van der Waals surface area contributed by atoms with Crippen molar-refractivity contribution < 1.29 is 113 Å². The number of benzene rings is 1. The molecule has 0 unspecified atom stereocenters. The van der Waals surface area contributed by atoms with Crippen molar-refractivity contribution in [2.75, 3.05) is 26.2 Å². The third-order valence-corrected chi connectivity index (χ3v) is 13.5. The molecule has 470 valence electrons. The van der Waals surface area contributed by atoms with E-state index in [1.165, 1.54) is 0 Å². The molecule has 0 bridgehead atoms. The van der Waals surface area contributed by atoms with Crippen molar-refractivity contribution in [3.63, 3.8) is 0 Å². The molecule has 1 aliphatic heterocycles. The van der Waals surface area contributed by atoms with Gasteiger partial charge in [-0.1, -0.05) is 44.2 Å². The van der Waals surface area contributed by atoms with Crippen LogP contribution in [0.1, 0.15) is 109 Å². The highest BCUT2D eigenvalue weighted by atomic mass is 31.2. The van der Waals surface area contributed by atoms with Gasteiger partial charge in [0.25, 0.3) is 5.91 Å². The second kappa shape index (κ2) is 36.7. The van der Waals surface area contributed by atoms with Gasteiger partial charge in [0.05, 0.1) is 19.7 Å². The molecule has 0 spiro atoms. The Morgan fingerprint density at radius 3 is 1.64 bits per heavy atom. The van der Waals surface area contributed by atoms with Crippen LogP contribution in [-0.4, -0.2) is 193 Å². The van der Waals surface area contributed by atoms with Gasteiger partial charge in [-0.2, -0.15) is 0 Å². The Kier molecular flexibility index (Phi) is 31.6. The lowest BCUT2D eigenvalue weighted by Crippen LogP contribution is -2.78. The molecule has 2 rings (SSSR count). The Balaban J connectivity index is 2.53. The molecule has 0 aliphatic carbocycles. The van der Waals surface area contributed by atoms with E-state index in [4.69, 9.17) is 11.5 Å². The number of phosphoric acid groups is 1. The minimum Gasteiger partial charge on any atom is -0.481 e. The minimum atomic E-state index is -5.43. The Hall–Kier alpha value is -7.84. The summed E-state index contributed by atoms with van der Waals surface area (Å²) in [7, 11) is -5.43. The molecular formula is C50H83N13O20P+3. The number of carbonyl (C=O) groups excluding carboxylic acids is 8. The maximum absolute atomic E-state index is 14.4. The molecule has 8 amide bonds. The fourth-order valence-corrected chi connectivity index (χ4v) is 8.98. The smallest absolute Gasteiger partial charge is 0.469 e. The van der Waals surface area contributed by atoms with Crippen LogP contribution in [0.15, 0.2) is 30.3 Å². The molecule has 84 heavy (non-hydrogen) atoms. The van der Waals surface area contributed by atoms with Crippen molar-refractivity contribution in [1.82, 2.24) is 42.1 Å². The molecule has 34 heteroatoms. The first-order valence-corrected chi connectivity index (χ1v) is 28.7. The summed E-state index contributed by atoms with van der Waals surface area (Å²) in [5.41, 5.74) is 18.8. The fraction of sp³-hybridized carbons (Fsp3) is 0.620. The highest BCUT2D eigenvalue weighted by molar-refractivity contribution is 7.46. The van der Waals surface area contributed by atoms with Gasteiger partial charge >= 0.3 is 37.7 Å². The molecule has 1 heterocycles. The molecule has 0 saturated carbocycles. The van der Waals surface area contributed by atoms with E-state index in [1.54, 1.807) is 44.2 Å². The summed E-state index contributed by atoms with van der Waals surface area (Å²) >= 11 is 0. The maximum atomic E-state index is 14.4. The van der Waals surface area contributed by atoms with Gasteiger partial charge in [-0.3, -0.25) is 73.7 Å². The number of nitrogens with zero attached hydrogens (tertiary/aromatic N) is 1. The molecule has 1 fully saturated rings. The van der Waals surface area contributed by atoms with Crippen LogP contribution in [0, 0.1) is 5.92 Å². The third kappa shape index (κ3) is 28.0. The number of rotatable bonds is 40. The molecule has 1 aromatic carbocycles. The average molecular weight is 1220 g/mol. The predicted octanol–water partition coefficient (Wildman–Crippen LogP) is -7.40. The van der Waals surface area contributed by atoms with E-state index in [9.17, 15) is 92.3 Å². The number of nitrogens with two attached hydrogens (primary N) is 2. The van der Waals surface area contributed by atoms with E-state index < -0.39 is 178 Å². The number of amides is 8. The second-order valence-corrected chi connectivity index (χ2v) is 21.7. The summed E-state index contributed by atoms with van der Waals surface area (Å²) in [6.07, 6.45) is -2.87. The lowest BCUT2D eigenvalue weighted by molar-refractivity contribution is -0.463. The van der Waals surface area contributed by atoms with E-state index >= 15 is 0 Å². The van der Waals surface area contributed by atoms with Crippen LogP contribution in [-0.2, 0) is 73.0 Å². The van der Waals surface area contributed by atoms with Crippen molar-refractivity contribution in [2.45, 2.75) is 165 Å². The number of likely N-dealkylation sites (tertiary alicyclic amines) is 1. The Morgan fingerprint density at radius 2 is 1.12 bits per heavy atom. The molecule has 1 aliphatic rings. The predicted molar refractivity (Wildman–Crippen MR) is 291 cm³/mol. The first kappa shape index (κ1) is 72.3. The van der Waals surface area contributed by atoms with Crippen LogP contribution >= 0.6 is 7.82 Å².